The Balaban J connectivity index is 2.02. The summed E-state index contributed by atoms with van der Waals surface area (Å²) in [6.07, 6.45) is 5.51. The lowest BCUT2D eigenvalue weighted by Crippen LogP contribution is -2.30. The Morgan fingerprint density at radius 2 is 2.05 bits per heavy atom. The molecule has 0 spiro atoms. The fraction of sp³-hybridized carbons (Fsp3) is 0.615. The molecule has 1 fully saturated rings. The molecule has 0 atom stereocenters. The average Bonchev–Trinajstić information content (AvgIpc) is 2.87. The number of aromatic nitrogens is 4. The molecule has 108 valence electrons. The Labute approximate surface area is 117 Å². The van der Waals surface area contributed by atoms with Crippen molar-refractivity contribution in [1.29, 1.82) is 0 Å². The molecule has 0 radical (unpaired) electrons. The van der Waals surface area contributed by atoms with Crippen LogP contribution in [0.1, 0.15) is 19.3 Å². The van der Waals surface area contributed by atoms with Gasteiger partial charge in [0.15, 0.2) is 5.65 Å². The van der Waals surface area contributed by atoms with Crippen molar-refractivity contribution in [2.45, 2.75) is 19.3 Å². The van der Waals surface area contributed by atoms with Crippen molar-refractivity contribution in [2.24, 2.45) is 7.05 Å². The third kappa shape index (κ3) is 2.40. The Bertz CT molecular complexity index is 590. The van der Waals surface area contributed by atoms with E-state index in [0.717, 1.165) is 29.9 Å². The van der Waals surface area contributed by atoms with Gasteiger partial charge in [-0.1, -0.05) is 0 Å². The highest BCUT2D eigenvalue weighted by Gasteiger charge is 2.18. The maximum atomic E-state index is 8.93. The third-order valence-corrected chi connectivity index (χ3v) is 3.62. The van der Waals surface area contributed by atoms with E-state index in [1.54, 1.807) is 4.68 Å². The van der Waals surface area contributed by atoms with E-state index in [2.05, 4.69) is 25.3 Å². The molecule has 0 saturated carbocycles. The maximum absolute atomic E-state index is 8.93. The minimum atomic E-state index is 0.0613. The number of fused-ring (bicyclic) bond motifs is 1. The van der Waals surface area contributed by atoms with Crippen molar-refractivity contribution in [3.05, 3.63) is 6.20 Å². The summed E-state index contributed by atoms with van der Waals surface area (Å²) in [7, 11) is 1.88. The van der Waals surface area contributed by atoms with E-state index in [4.69, 9.17) is 5.11 Å². The second kappa shape index (κ2) is 5.62. The predicted octanol–water partition coefficient (Wildman–Crippen LogP) is 0.758. The zero-order valence-corrected chi connectivity index (χ0v) is 11.7. The number of piperidine rings is 1. The highest BCUT2D eigenvalue weighted by atomic mass is 16.3. The number of aryl methyl sites for hydroxylation is 1. The minimum absolute atomic E-state index is 0.0613. The number of aliphatic hydroxyl groups excluding tert-OH is 1. The number of hydrogen-bond donors (Lipinski definition) is 2. The summed E-state index contributed by atoms with van der Waals surface area (Å²) >= 11 is 0. The number of anilines is 2. The maximum Gasteiger partial charge on any atom is 0.226 e. The topological polar surface area (TPSA) is 79.1 Å². The van der Waals surface area contributed by atoms with Gasteiger partial charge in [0, 0.05) is 26.7 Å². The molecule has 3 heterocycles. The Morgan fingerprint density at radius 1 is 1.25 bits per heavy atom. The molecule has 7 heteroatoms. The standard InChI is InChI=1S/C13H20N6O/c1-18-11-10(9-15-18)12(19-6-3-2-4-7-19)17-13(16-11)14-5-8-20/h9,20H,2-8H2,1H3,(H,14,16,17). The molecule has 0 amide bonds. The van der Waals surface area contributed by atoms with Crippen molar-refractivity contribution < 1.29 is 5.11 Å². The molecule has 0 aliphatic carbocycles. The number of nitrogens with zero attached hydrogens (tertiary/aromatic N) is 5. The second-order valence-corrected chi connectivity index (χ2v) is 5.07. The van der Waals surface area contributed by atoms with Gasteiger partial charge in [0.25, 0.3) is 0 Å². The van der Waals surface area contributed by atoms with Crippen LogP contribution in [0, 0.1) is 0 Å². The molecule has 0 bridgehead atoms. The van der Waals surface area contributed by atoms with Crippen LogP contribution in [-0.4, -0.2) is 51.1 Å². The summed E-state index contributed by atoms with van der Waals surface area (Å²) in [5.41, 5.74) is 0.820. The lowest BCUT2D eigenvalue weighted by atomic mass is 10.1. The molecule has 1 aliphatic heterocycles. The number of nitrogens with one attached hydrogen (secondary N) is 1. The van der Waals surface area contributed by atoms with Gasteiger partial charge in [-0.2, -0.15) is 15.1 Å². The quantitative estimate of drug-likeness (QED) is 0.858. The molecule has 2 aromatic rings. The molecular weight excluding hydrogens is 256 g/mol. The van der Waals surface area contributed by atoms with Crippen molar-refractivity contribution in [3.63, 3.8) is 0 Å². The first-order valence-corrected chi connectivity index (χ1v) is 7.09. The van der Waals surface area contributed by atoms with E-state index in [9.17, 15) is 0 Å². The smallest absolute Gasteiger partial charge is 0.226 e. The number of rotatable bonds is 4. The molecule has 0 unspecified atom stereocenters. The first kappa shape index (κ1) is 13.1. The van der Waals surface area contributed by atoms with Gasteiger partial charge in [-0.3, -0.25) is 4.68 Å². The highest BCUT2D eigenvalue weighted by molar-refractivity contribution is 5.88. The first-order chi connectivity index (χ1) is 9.79. The summed E-state index contributed by atoms with van der Waals surface area (Å²) < 4.78 is 1.76. The van der Waals surface area contributed by atoms with Gasteiger partial charge in [-0.15, -0.1) is 0 Å². The normalized spacial score (nSPS) is 15.8. The van der Waals surface area contributed by atoms with E-state index in [1.165, 1.54) is 19.3 Å². The van der Waals surface area contributed by atoms with Crippen LogP contribution < -0.4 is 10.2 Å². The molecule has 20 heavy (non-hydrogen) atoms. The van der Waals surface area contributed by atoms with Gasteiger partial charge in [-0.25, -0.2) is 0 Å². The summed E-state index contributed by atoms with van der Waals surface area (Å²) in [6, 6.07) is 0. The highest BCUT2D eigenvalue weighted by Crippen LogP contribution is 2.27. The number of aliphatic hydroxyl groups is 1. The van der Waals surface area contributed by atoms with Gasteiger partial charge < -0.3 is 15.3 Å². The van der Waals surface area contributed by atoms with Crippen molar-refractivity contribution >= 4 is 22.8 Å². The zero-order valence-electron chi connectivity index (χ0n) is 11.7. The molecule has 1 aliphatic rings. The predicted molar refractivity (Wildman–Crippen MR) is 77.9 cm³/mol. The van der Waals surface area contributed by atoms with E-state index in [0.29, 0.717) is 12.5 Å². The largest absolute Gasteiger partial charge is 0.395 e. The Kier molecular flexibility index (Phi) is 3.68. The monoisotopic (exact) mass is 276 g/mol. The molecule has 0 aromatic carbocycles. The molecule has 3 rings (SSSR count). The van der Waals surface area contributed by atoms with E-state index in [-0.39, 0.29) is 6.61 Å². The van der Waals surface area contributed by atoms with Crippen LogP contribution in [0.2, 0.25) is 0 Å². The Morgan fingerprint density at radius 3 is 2.80 bits per heavy atom. The molecule has 2 aromatic heterocycles. The van der Waals surface area contributed by atoms with E-state index in [1.807, 2.05) is 13.2 Å². The van der Waals surface area contributed by atoms with Crippen LogP contribution in [0.15, 0.2) is 6.20 Å². The minimum Gasteiger partial charge on any atom is -0.395 e. The number of hydrogen-bond acceptors (Lipinski definition) is 6. The van der Waals surface area contributed by atoms with E-state index >= 15 is 0 Å². The lowest BCUT2D eigenvalue weighted by Gasteiger charge is -2.28. The fourth-order valence-corrected chi connectivity index (χ4v) is 2.60. The molecule has 1 saturated heterocycles. The molecule has 7 nitrogen and oxygen atoms in total. The van der Waals surface area contributed by atoms with E-state index < -0.39 is 0 Å². The molecular formula is C13H20N6O. The van der Waals surface area contributed by atoms with Crippen LogP contribution in [0.3, 0.4) is 0 Å². The van der Waals surface area contributed by atoms with Gasteiger partial charge in [0.2, 0.25) is 5.95 Å². The van der Waals surface area contributed by atoms with Gasteiger partial charge in [-0.05, 0) is 19.3 Å². The van der Waals surface area contributed by atoms with Crippen LogP contribution in [0.5, 0.6) is 0 Å². The third-order valence-electron chi connectivity index (χ3n) is 3.62. The van der Waals surface area contributed by atoms with Crippen molar-refractivity contribution in [2.75, 3.05) is 36.5 Å². The first-order valence-electron chi connectivity index (χ1n) is 7.09. The van der Waals surface area contributed by atoms with Gasteiger partial charge in [0.05, 0.1) is 18.2 Å². The summed E-state index contributed by atoms with van der Waals surface area (Å²) in [5, 5.41) is 17.2. The Hall–Kier alpha value is -1.89. The summed E-state index contributed by atoms with van der Waals surface area (Å²) in [6.45, 7) is 2.57. The zero-order chi connectivity index (χ0) is 13.9. The summed E-state index contributed by atoms with van der Waals surface area (Å²) in [4.78, 5) is 11.4. The van der Waals surface area contributed by atoms with Crippen molar-refractivity contribution in [3.8, 4) is 0 Å². The van der Waals surface area contributed by atoms with Gasteiger partial charge in [0.1, 0.15) is 5.82 Å². The fourth-order valence-electron chi connectivity index (χ4n) is 2.60. The lowest BCUT2D eigenvalue weighted by molar-refractivity contribution is 0.311. The average molecular weight is 276 g/mol. The van der Waals surface area contributed by atoms with Gasteiger partial charge >= 0.3 is 0 Å². The molecule has 2 N–H and O–H groups in total. The van der Waals surface area contributed by atoms with Crippen LogP contribution in [0.4, 0.5) is 11.8 Å². The SMILES string of the molecule is Cn1ncc2c(N3CCCCC3)nc(NCCO)nc21. The van der Waals surface area contributed by atoms with Crippen LogP contribution in [-0.2, 0) is 7.05 Å². The van der Waals surface area contributed by atoms with Crippen LogP contribution in [0.25, 0.3) is 11.0 Å². The van der Waals surface area contributed by atoms with Crippen LogP contribution >= 0.6 is 0 Å². The second-order valence-electron chi connectivity index (χ2n) is 5.07. The van der Waals surface area contributed by atoms with Crippen molar-refractivity contribution in [1.82, 2.24) is 19.7 Å². The summed E-state index contributed by atoms with van der Waals surface area (Å²) in [5.74, 6) is 1.50.